The number of benzene rings is 6. The third-order valence-corrected chi connectivity index (χ3v) is 6.75. The molecule has 0 unspecified atom stereocenters. The van der Waals surface area contributed by atoms with Gasteiger partial charge in [-0.1, -0.05) is 64.5 Å². The zero-order valence-electron chi connectivity index (χ0n) is 15.9. The molecule has 0 saturated heterocycles. The van der Waals surface area contributed by atoms with Gasteiger partial charge in [-0.05, 0) is 85.6 Å². The van der Waals surface area contributed by atoms with Crippen molar-refractivity contribution in [2.45, 2.75) is 0 Å². The van der Waals surface area contributed by atoms with Crippen LogP contribution in [0.15, 0.2) is 99.9 Å². The molecule has 30 heavy (non-hydrogen) atoms. The van der Waals surface area contributed by atoms with Gasteiger partial charge in [-0.15, -0.1) is 0 Å². The van der Waals surface area contributed by atoms with Crippen LogP contribution in [0.25, 0.3) is 65.0 Å². The summed E-state index contributed by atoms with van der Waals surface area (Å²) >= 11 is 3.61. The maximum Gasteiger partial charge on any atom is 0.136 e. The van der Waals surface area contributed by atoms with E-state index in [0.29, 0.717) is 0 Å². The lowest BCUT2D eigenvalue weighted by atomic mass is 9.91. The number of hydrogen-bond acceptors (Lipinski definition) is 1. The fraction of sp³-hybridized carbons (Fsp3) is 0. The highest BCUT2D eigenvalue weighted by molar-refractivity contribution is 9.10. The van der Waals surface area contributed by atoms with E-state index in [4.69, 9.17) is 4.42 Å². The molecule has 0 radical (unpaired) electrons. The average Bonchev–Trinajstić information content (AvgIpc) is 3.14. The van der Waals surface area contributed by atoms with Crippen molar-refractivity contribution in [2.24, 2.45) is 0 Å². The molecular weight excluding hydrogens is 432 g/mol. The van der Waals surface area contributed by atoms with E-state index in [0.717, 1.165) is 26.4 Å². The Morgan fingerprint density at radius 1 is 0.433 bits per heavy atom. The lowest BCUT2D eigenvalue weighted by molar-refractivity contribution is 0.669. The van der Waals surface area contributed by atoms with Gasteiger partial charge >= 0.3 is 0 Å². The van der Waals surface area contributed by atoms with Gasteiger partial charge in [0.2, 0.25) is 0 Å². The Morgan fingerprint density at radius 3 is 1.73 bits per heavy atom. The highest BCUT2D eigenvalue weighted by Gasteiger charge is 2.14. The summed E-state index contributed by atoms with van der Waals surface area (Å²) in [5, 5.41) is 12.5. The SMILES string of the molecule is Brc1ccc2oc3cc4c5cc6ccccc6cc5c5ccccc5c4cc3c2c1. The molecule has 0 saturated carbocycles. The summed E-state index contributed by atoms with van der Waals surface area (Å²) in [4.78, 5) is 0. The molecule has 0 amide bonds. The molecule has 0 bridgehead atoms. The number of halogens is 1. The zero-order chi connectivity index (χ0) is 19.8. The predicted molar refractivity (Wildman–Crippen MR) is 131 cm³/mol. The van der Waals surface area contributed by atoms with Gasteiger partial charge in [0.25, 0.3) is 0 Å². The molecular formula is C28H15BrO. The van der Waals surface area contributed by atoms with Crippen LogP contribution in [-0.4, -0.2) is 0 Å². The van der Waals surface area contributed by atoms with Crippen molar-refractivity contribution < 1.29 is 4.42 Å². The number of fused-ring (bicyclic) bond motifs is 10. The summed E-state index contributed by atoms with van der Waals surface area (Å²) in [5.41, 5.74) is 1.85. The van der Waals surface area contributed by atoms with Gasteiger partial charge in [-0.3, -0.25) is 0 Å². The predicted octanol–water partition coefficient (Wildman–Crippen LogP) is 8.96. The maximum atomic E-state index is 6.24. The van der Waals surface area contributed by atoms with Crippen LogP contribution in [0.3, 0.4) is 0 Å². The Hall–Kier alpha value is -3.36. The van der Waals surface area contributed by atoms with Crippen LogP contribution in [0.1, 0.15) is 0 Å². The van der Waals surface area contributed by atoms with E-state index in [1.807, 2.05) is 12.1 Å². The fourth-order valence-corrected chi connectivity index (χ4v) is 5.24. The van der Waals surface area contributed by atoms with Crippen molar-refractivity contribution in [1.82, 2.24) is 0 Å². The standard InChI is InChI=1S/C28H15BrO/c29-18-9-10-27-25(13-18)26-14-23-20-8-4-3-7-19(20)21-11-16-5-1-2-6-17(16)12-22(21)24(23)15-28(26)30-27/h1-15H. The van der Waals surface area contributed by atoms with Crippen molar-refractivity contribution >= 4 is 81.0 Å². The Bertz CT molecular complexity index is 1810. The molecule has 0 aliphatic rings. The Kier molecular flexibility index (Phi) is 3.20. The number of hydrogen-bond donors (Lipinski definition) is 0. The Morgan fingerprint density at radius 2 is 1.00 bits per heavy atom. The number of furan rings is 1. The second-order valence-corrected chi connectivity index (χ2v) is 8.84. The first-order valence-corrected chi connectivity index (χ1v) is 10.8. The van der Waals surface area contributed by atoms with Gasteiger partial charge in [0, 0.05) is 15.2 Å². The van der Waals surface area contributed by atoms with Gasteiger partial charge < -0.3 is 4.42 Å². The van der Waals surface area contributed by atoms with Crippen molar-refractivity contribution in [2.75, 3.05) is 0 Å². The molecule has 0 aliphatic heterocycles. The second-order valence-electron chi connectivity index (χ2n) is 7.93. The monoisotopic (exact) mass is 446 g/mol. The van der Waals surface area contributed by atoms with Gasteiger partial charge in [-0.25, -0.2) is 0 Å². The molecule has 0 N–H and O–H groups in total. The van der Waals surface area contributed by atoms with E-state index in [1.165, 1.54) is 43.1 Å². The highest BCUT2D eigenvalue weighted by atomic mass is 79.9. The van der Waals surface area contributed by atoms with Crippen molar-refractivity contribution in [1.29, 1.82) is 0 Å². The molecule has 0 spiro atoms. The molecule has 7 rings (SSSR count). The molecule has 140 valence electrons. The van der Waals surface area contributed by atoms with Gasteiger partial charge in [0.05, 0.1) is 0 Å². The average molecular weight is 447 g/mol. The summed E-state index contributed by atoms with van der Waals surface area (Å²) in [6.07, 6.45) is 0. The van der Waals surface area contributed by atoms with Crippen LogP contribution in [0, 0.1) is 0 Å². The number of rotatable bonds is 0. The fourth-order valence-electron chi connectivity index (χ4n) is 4.88. The molecule has 0 fully saturated rings. The summed E-state index contributed by atoms with van der Waals surface area (Å²) in [5.74, 6) is 0. The molecule has 1 aromatic heterocycles. The van der Waals surface area contributed by atoms with E-state index >= 15 is 0 Å². The first-order chi connectivity index (χ1) is 14.8. The topological polar surface area (TPSA) is 13.1 Å². The van der Waals surface area contributed by atoms with E-state index in [9.17, 15) is 0 Å². The maximum absolute atomic E-state index is 6.24. The van der Waals surface area contributed by atoms with Crippen LogP contribution < -0.4 is 0 Å². The second kappa shape index (κ2) is 5.84. The van der Waals surface area contributed by atoms with Gasteiger partial charge in [-0.2, -0.15) is 0 Å². The molecule has 1 nitrogen and oxygen atoms in total. The van der Waals surface area contributed by atoms with E-state index in [-0.39, 0.29) is 0 Å². The molecule has 2 heteroatoms. The van der Waals surface area contributed by atoms with Crippen molar-refractivity contribution in [3.05, 3.63) is 95.5 Å². The first kappa shape index (κ1) is 16.4. The van der Waals surface area contributed by atoms with E-state index < -0.39 is 0 Å². The minimum Gasteiger partial charge on any atom is -0.456 e. The minimum atomic E-state index is 0.919. The zero-order valence-corrected chi connectivity index (χ0v) is 17.5. The van der Waals surface area contributed by atoms with E-state index in [2.05, 4.69) is 94.8 Å². The minimum absolute atomic E-state index is 0.919. The Balaban J connectivity index is 1.78. The molecule has 6 aromatic carbocycles. The summed E-state index contributed by atoms with van der Waals surface area (Å²) in [6, 6.07) is 32.7. The lowest BCUT2D eigenvalue weighted by Gasteiger charge is -2.12. The summed E-state index contributed by atoms with van der Waals surface area (Å²) in [6.45, 7) is 0. The molecule has 1 heterocycles. The van der Waals surface area contributed by atoms with Crippen molar-refractivity contribution in [3.8, 4) is 0 Å². The summed E-state index contributed by atoms with van der Waals surface area (Å²) < 4.78 is 7.31. The quantitative estimate of drug-likeness (QED) is 0.167. The van der Waals surface area contributed by atoms with E-state index in [1.54, 1.807) is 0 Å². The Labute approximate surface area is 180 Å². The molecule has 0 atom stereocenters. The largest absolute Gasteiger partial charge is 0.456 e. The van der Waals surface area contributed by atoms with Crippen LogP contribution in [0.2, 0.25) is 0 Å². The molecule has 0 aliphatic carbocycles. The first-order valence-electron chi connectivity index (χ1n) is 10.0. The lowest BCUT2D eigenvalue weighted by Crippen LogP contribution is -1.84. The van der Waals surface area contributed by atoms with Crippen molar-refractivity contribution in [3.63, 3.8) is 0 Å². The third-order valence-electron chi connectivity index (χ3n) is 6.25. The van der Waals surface area contributed by atoms with Gasteiger partial charge in [0.15, 0.2) is 0 Å². The van der Waals surface area contributed by atoms with Crippen LogP contribution in [0.5, 0.6) is 0 Å². The smallest absolute Gasteiger partial charge is 0.136 e. The normalized spacial score (nSPS) is 12.2. The molecule has 7 aromatic rings. The third kappa shape index (κ3) is 2.17. The summed E-state index contributed by atoms with van der Waals surface area (Å²) in [7, 11) is 0. The van der Waals surface area contributed by atoms with Crippen LogP contribution in [0.4, 0.5) is 0 Å². The van der Waals surface area contributed by atoms with Crippen LogP contribution >= 0.6 is 15.9 Å². The highest BCUT2D eigenvalue weighted by Crippen LogP contribution is 2.41. The van der Waals surface area contributed by atoms with Crippen LogP contribution in [-0.2, 0) is 0 Å². The van der Waals surface area contributed by atoms with Gasteiger partial charge in [0.1, 0.15) is 11.2 Å².